The second kappa shape index (κ2) is 6.52. The third kappa shape index (κ3) is 2.99. The largest absolute Gasteiger partial charge is 0.467 e. The highest BCUT2D eigenvalue weighted by Gasteiger charge is 2.35. The van der Waals surface area contributed by atoms with Gasteiger partial charge in [0.1, 0.15) is 11.8 Å². The van der Waals surface area contributed by atoms with Gasteiger partial charge in [0, 0.05) is 17.7 Å². The number of hydrogen-bond donors (Lipinski definition) is 1. The average Bonchev–Trinajstić information content (AvgIpc) is 3.32. The van der Waals surface area contributed by atoms with Crippen molar-refractivity contribution in [3.05, 3.63) is 89.4 Å². The van der Waals surface area contributed by atoms with Crippen LogP contribution in [0.25, 0.3) is 0 Å². The summed E-state index contributed by atoms with van der Waals surface area (Å²) in [5.74, 6) is 0.580. The lowest BCUT2D eigenvalue weighted by molar-refractivity contribution is 0.0693. The van der Waals surface area contributed by atoms with Gasteiger partial charge in [0.2, 0.25) is 0 Å². The predicted molar refractivity (Wildman–Crippen MR) is 101 cm³/mol. The number of rotatable bonds is 3. The molecule has 5 heteroatoms. The second-order valence-corrected chi connectivity index (χ2v) is 6.42. The first-order chi connectivity index (χ1) is 12.6. The summed E-state index contributed by atoms with van der Waals surface area (Å²) >= 11 is 0. The van der Waals surface area contributed by atoms with Crippen LogP contribution in [0.15, 0.2) is 76.4 Å². The molecule has 1 unspecified atom stereocenters. The molecule has 4 rings (SSSR count). The third-order valence-corrected chi connectivity index (χ3v) is 4.53. The lowest BCUT2D eigenvalue weighted by atomic mass is 10.0. The molecule has 1 atom stereocenters. The van der Waals surface area contributed by atoms with Gasteiger partial charge in [-0.15, -0.1) is 0 Å². The van der Waals surface area contributed by atoms with E-state index < -0.39 is 0 Å². The van der Waals surface area contributed by atoms with Crippen molar-refractivity contribution in [3.8, 4) is 0 Å². The van der Waals surface area contributed by atoms with E-state index in [4.69, 9.17) is 10.2 Å². The van der Waals surface area contributed by atoms with Crippen molar-refractivity contribution < 1.29 is 9.21 Å². The Morgan fingerprint density at radius 3 is 2.50 bits per heavy atom. The SMILES string of the molecule is Cc1ccc(C(=O)N2N=C(c3ccc(N)cc3)CC2c2ccco2)cc1. The second-order valence-electron chi connectivity index (χ2n) is 6.42. The Morgan fingerprint density at radius 1 is 1.12 bits per heavy atom. The number of amides is 1. The molecule has 0 bridgehead atoms. The predicted octanol–water partition coefficient (Wildman–Crippen LogP) is 4.16. The van der Waals surface area contributed by atoms with E-state index in [1.807, 2.05) is 67.6 Å². The van der Waals surface area contributed by atoms with Crippen LogP contribution in [0, 0.1) is 6.92 Å². The van der Waals surface area contributed by atoms with E-state index in [2.05, 4.69) is 5.10 Å². The number of nitrogens with zero attached hydrogens (tertiary/aromatic N) is 2. The fourth-order valence-corrected chi connectivity index (χ4v) is 3.08. The summed E-state index contributed by atoms with van der Waals surface area (Å²) in [5.41, 5.74) is 9.98. The Hall–Kier alpha value is -3.34. The molecule has 0 saturated carbocycles. The van der Waals surface area contributed by atoms with Gasteiger partial charge in [0.25, 0.3) is 5.91 Å². The summed E-state index contributed by atoms with van der Waals surface area (Å²) < 4.78 is 5.57. The van der Waals surface area contributed by atoms with Gasteiger partial charge in [-0.3, -0.25) is 4.79 Å². The standard InChI is InChI=1S/C21H19N3O2/c1-14-4-6-16(7-5-14)21(25)24-19(20-3-2-12-26-20)13-18(23-24)15-8-10-17(22)11-9-15/h2-12,19H,13,22H2,1H3. The van der Waals surface area contributed by atoms with Crippen molar-refractivity contribution in [1.82, 2.24) is 5.01 Å². The van der Waals surface area contributed by atoms with Crippen molar-refractivity contribution in [1.29, 1.82) is 0 Å². The molecule has 2 N–H and O–H groups in total. The van der Waals surface area contributed by atoms with Gasteiger partial charge < -0.3 is 10.2 Å². The molecule has 26 heavy (non-hydrogen) atoms. The van der Waals surface area contributed by atoms with Crippen LogP contribution in [-0.4, -0.2) is 16.6 Å². The van der Waals surface area contributed by atoms with Crippen LogP contribution in [-0.2, 0) is 0 Å². The number of anilines is 1. The van der Waals surface area contributed by atoms with E-state index in [1.165, 1.54) is 5.01 Å². The Balaban J connectivity index is 1.70. The molecule has 1 aliphatic heterocycles. The topological polar surface area (TPSA) is 71.8 Å². The Bertz CT molecular complexity index is 942. The maximum Gasteiger partial charge on any atom is 0.274 e. The van der Waals surface area contributed by atoms with Crippen LogP contribution in [0.1, 0.15) is 39.7 Å². The average molecular weight is 345 g/mol. The van der Waals surface area contributed by atoms with Gasteiger partial charge in [-0.25, -0.2) is 5.01 Å². The number of carbonyl (C=O) groups is 1. The van der Waals surface area contributed by atoms with Crippen molar-refractivity contribution in [2.75, 3.05) is 5.73 Å². The zero-order valence-corrected chi connectivity index (χ0v) is 14.4. The molecule has 1 amide bonds. The summed E-state index contributed by atoms with van der Waals surface area (Å²) in [6, 6.07) is 18.5. The number of aryl methyl sites for hydroxylation is 1. The monoisotopic (exact) mass is 345 g/mol. The van der Waals surface area contributed by atoms with Crippen LogP contribution in [0.2, 0.25) is 0 Å². The van der Waals surface area contributed by atoms with Gasteiger partial charge in [0.15, 0.2) is 0 Å². The molecular weight excluding hydrogens is 326 g/mol. The van der Waals surface area contributed by atoms with E-state index in [0.717, 1.165) is 22.6 Å². The summed E-state index contributed by atoms with van der Waals surface area (Å²) in [5, 5.41) is 6.15. The first-order valence-corrected chi connectivity index (χ1v) is 8.49. The van der Waals surface area contributed by atoms with Gasteiger partial charge in [0.05, 0.1) is 12.0 Å². The molecule has 0 radical (unpaired) electrons. The zero-order valence-electron chi connectivity index (χ0n) is 14.4. The van der Waals surface area contributed by atoms with Gasteiger partial charge >= 0.3 is 0 Å². The van der Waals surface area contributed by atoms with Crippen LogP contribution in [0.3, 0.4) is 0 Å². The van der Waals surface area contributed by atoms with Gasteiger partial charge in [-0.05, 0) is 48.9 Å². The number of carbonyl (C=O) groups excluding carboxylic acids is 1. The number of nitrogen functional groups attached to an aromatic ring is 1. The van der Waals surface area contributed by atoms with Gasteiger partial charge in [-0.1, -0.05) is 29.8 Å². The molecule has 3 aromatic rings. The quantitative estimate of drug-likeness (QED) is 0.725. The maximum atomic E-state index is 13.1. The first-order valence-electron chi connectivity index (χ1n) is 8.49. The molecule has 130 valence electrons. The lowest BCUT2D eigenvalue weighted by Crippen LogP contribution is -2.26. The maximum absolute atomic E-state index is 13.1. The Morgan fingerprint density at radius 2 is 1.85 bits per heavy atom. The number of hydrazone groups is 1. The number of benzene rings is 2. The number of hydrogen-bond acceptors (Lipinski definition) is 4. The van der Waals surface area contributed by atoms with Gasteiger partial charge in [-0.2, -0.15) is 5.10 Å². The van der Waals surface area contributed by atoms with Crippen molar-refractivity contribution in [2.24, 2.45) is 5.10 Å². The minimum atomic E-state index is -0.258. The fraction of sp³-hybridized carbons (Fsp3) is 0.143. The molecule has 2 aromatic carbocycles. The summed E-state index contributed by atoms with van der Waals surface area (Å²) in [6.45, 7) is 1.99. The molecule has 0 fully saturated rings. The third-order valence-electron chi connectivity index (χ3n) is 4.53. The molecule has 0 spiro atoms. The molecule has 1 aromatic heterocycles. The Kier molecular flexibility index (Phi) is 4.05. The Labute approximate surface area is 151 Å². The van der Waals surface area contributed by atoms with E-state index in [-0.39, 0.29) is 11.9 Å². The van der Waals surface area contributed by atoms with Crippen molar-refractivity contribution >= 4 is 17.3 Å². The van der Waals surface area contributed by atoms with Crippen LogP contribution in [0.4, 0.5) is 5.69 Å². The lowest BCUT2D eigenvalue weighted by Gasteiger charge is -2.20. The smallest absolute Gasteiger partial charge is 0.274 e. The number of furan rings is 1. The molecule has 2 heterocycles. The van der Waals surface area contributed by atoms with E-state index >= 15 is 0 Å². The summed E-state index contributed by atoms with van der Waals surface area (Å²) in [7, 11) is 0. The minimum Gasteiger partial charge on any atom is -0.467 e. The highest BCUT2D eigenvalue weighted by atomic mass is 16.3. The molecule has 1 aliphatic rings. The highest BCUT2D eigenvalue weighted by molar-refractivity contribution is 6.05. The molecule has 5 nitrogen and oxygen atoms in total. The highest BCUT2D eigenvalue weighted by Crippen LogP contribution is 2.34. The molecule has 0 saturated heterocycles. The van der Waals surface area contributed by atoms with E-state index in [0.29, 0.717) is 17.7 Å². The zero-order chi connectivity index (χ0) is 18.1. The first kappa shape index (κ1) is 16.1. The normalized spacial score (nSPS) is 16.6. The molecule has 0 aliphatic carbocycles. The van der Waals surface area contributed by atoms with Crippen LogP contribution >= 0.6 is 0 Å². The molecular formula is C21H19N3O2. The summed E-state index contributed by atoms with van der Waals surface area (Å²) in [4.78, 5) is 13.1. The van der Waals surface area contributed by atoms with Crippen molar-refractivity contribution in [3.63, 3.8) is 0 Å². The minimum absolute atomic E-state index is 0.142. The fourth-order valence-electron chi connectivity index (χ4n) is 3.08. The van der Waals surface area contributed by atoms with Crippen molar-refractivity contribution in [2.45, 2.75) is 19.4 Å². The summed E-state index contributed by atoms with van der Waals surface area (Å²) in [6.07, 6.45) is 2.21. The number of nitrogens with two attached hydrogens (primary N) is 1. The van der Waals surface area contributed by atoms with Crippen LogP contribution < -0.4 is 5.73 Å². The van der Waals surface area contributed by atoms with E-state index in [1.54, 1.807) is 6.26 Å². The van der Waals surface area contributed by atoms with Crippen LogP contribution in [0.5, 0.6) is 0 Å². The van der Waals surface area contributed by atoms with E-state index in [9.17, 15) is 4.79 Å².